The van der Waals surface area contributed by atoms with Gasteiger partial charge in [0.05, 0.1) is 18.2 Å². The first-order chi connectivity index (χ1) is 12.6. The van der Waals surface area contributed by atoms with Gasteiger partial charge in [-0.3, -0.25) is 9.59 Å². The predicted molar refractivity (Wildman–Crippen MR) is 96.5 cm³/mol. The second-order valence-corrected chi connectivity index (χ2v) is 6.26. The third-order valence-electron chi connectivity index (χ3n) is 4.39. The normalized spacial score (nSPS) is 16.6. The molecule has 2 amide bonds. The summed E-state index contributed by atoms with van der Waals surface area (Å²) in [5, 5.41) is 2.78. The van der Waals surface area contributed by atoms with Crippen LogP contribution in [-0.2, 0) is 9.59 Å². The van der Waals surface area contributed by atoms with Gasteiger partial charge in [-0.15, -0.1) is 0 Å². The number of carbonyl (C=O) groups excluding carboxylic acids is 2. The van der Waals surface area contributed by atoms with Crippen LogP contribution in [0.5, 0.6) is 5.75 Å². The number of anilines is 1. The highest BCUT2D eigenvalue weighted by Gasteiger charge is 2.35. The number of amides is 2. The molecule has 0 spiro atoms. The average Bonchev–Trinajstić information content (AvgIpc) is 3.02. The Morgan fingerprint density at radius 2 is 1.96 bits per heavy atom. The lowest BCUT2D eigenvalue weighted by atomic mass is 10.1. The topological polar surface area (TPSA) is 58.6 Å². The molecule has 2 aromatic carbocycles. The molecule has 1 atom stereocenters. The van der Waals surface area contributed by atoms with Crippen LogP contribution in [-0.4, -0.2) is 31.5 Å². The first kappa shape index (κ1) is 17.9. The van der Waals surface area contributed by atoms with Gasteiger partial charge < -0.3 is 15.0 Å². The van der Waals surface area contributed by atoms with Crippen molar-refractivity contribution in [3.05, 3.63) is 59.9 Å². The molecular formula is C20H21FN2O3. The van der Waals surface area contributed by atoms with Crippen LogP contribution >= 0.6 is 0 Å². The molecule has 26 heavy (non-hydrogen) atoms. The summed E-state index contributed by atoms with van der Waals surface area (Å²) in [6.45, 7) is 2.82. The number of hydrogen-bond acceptors (Lipinski definition) is 3. The summed E-state index contributed by atoms with van der Waals surface area (Å²) in [4.78, 5) is 25.8. The summed E-state index contributed by atoms with van der Waals surface area (Å²) < 4.78 is 19.5. The minimum atomic E-state index is -0.486. The van der Waals surface area contributed by atoms with Crippen LogP contribution < -0.4 is 15.0 Å². The lowest BCUT2D eigenvalue weighted by Crippen LogP contribution is -2.35. The first-order valence-corrected chi connectivity index (χ1v) is 8.57. The quantitative estimate of drug-likeness (QED) is 0.810. The minimum Gasteiger partial charge on any atom is -0.491 e. The van der Waals surface area contributed by atoms with E-state index >= 15 is 0 Å². The van der Waals surface area contributed by atoms with Gasteiger partial charge in [0.1, 0.15) is 18.2 Å². The number of aryl methyl sites for hydroxylation is 1. The van der Waals surface area contributed by atoms with Gasteiger partial charge in [-0.05, 0) is 30.7 Å². The molecule has 136 valence electrons. The molecule has 0 saturated carbocycles. The van der Waals surface area contributed by atoms with E-state index in [-0.39, 0.29) is 30.5 Å². The monoisotopic (exact) mass is 356 g/mol. The molecule has 1 heterocycles. The maximum absolute atomic E-state index is 13.9. The molecule has 0 bridgehead atoms. The summed E-state index contributed by atoms with van der Waals surface area (Å²) in [5.41, 5.74) is 1.25. The maximum Gasteiger partial charge on any atom is 0.227 e. The Hall–Kier alpha value is -2.89. The van der Waals surface area contributed by atoms with Gasteiger partial charge in [0, 0.05) is 13.0 Å². The van der Waals surface area contributed by atoms with E-state index in [0.717, 1.165) is 11.3 Å². The number of nitrogens with zero attached hydrogens (tertiary/aromatic N) is 1. The van der Waals surface area contributed by atoms with Gasteiger partial charge in [0.15, 0.2) is 0 Å². The molecule has 1 N–H and O–H groups in total. The molecule has 1 saturated heterocycles. The molecule has 0 aliphatic carbocycles. The molecule has 6 heteroatoms. The van der Waals surface area contributed by atoms with Crippen molar-refractivity contribution in [1.29, 1.82) is 0 Å². The summed E-state index contributed by atoms with van der Waals surface area (Å²) >= 11 is 0. The summed E-state index contributed by atoms with van der Waals surface area (Å²) in [7, 11) is 0. The Labute approximate surface area is 151 Å². The van der Waals surface area contributed by atoms with Crippen molar-refractivity contribution in [3.8, 4) is 5.75 Å². The van der Waals surface area contributed by atoms with Crippen LogP contribution in [0.4, 0.5) is 10.1 Å². The lowest BCUT2D eigenvalue weighted by molar-refractivity contribution is -0.126. The number of nitrogens with one attached hydrogen (secondary N) is 1. The number of carbonyl (C=O) groups is 2. The van der Waals surface area contributed by atoms with Crippen molar-refractivity contribution >= 4 is 17.5 Å². The molecule has 1 fully saturated rings. The van der Waals surface area contributed by atoms with Crippen LogP contribution in [0.15, 0.2) is 48.5 Å². The van der Waals surface area contributed by atoms with E-state index in [4.69, 9.17) is 4.74 Å². The second-order valence-electron chi connectivity index (χ2n) is 6.26. The van der Waals surface area contributed by atoms with Crippen molar-refractivity contribution in [2.75, 3.05) is 24.6 Å². The van der Waals surface area contributed by atoms with Gasteiger partial charge in [-0.25, -0.2) is 4.39 Å². The largest absolute Gasteiger partial charge is 0.491 e. The average molecular weight is 356 g/mol. The van der Waals surface area contributed by atoms with Gasteiger partial charge in [-0.1, -0.05) is 30.3 Å². The molecule has 2 aromatic rings. The van der Waals surface area contributed by atoms with Crippen LogP contribution in [0.3, 0.4) is 0 Å². The molecule has 1 aliphatic rings. The van der Waals surface area contributed by atoms with Crippen molar-refractivity contribution in [2.45, 2.75) is 13.3 Å². The summed E-state index contributed by atoms with van der Waals surface area (Å²) in [6.07, 6.45) is 0.0822. The van der Waals surface area contributed by atoms with E-state index in [1.807, 2.05) is 31.2 Å². The van der Waals surface area contributed by atoms with Crippen LogP contribution in [0.25, 0.3) is 0 Å². The molecule has 0 radical (unpaired) electrons. The second kappa shape index (κ2) is 7.99. The van der Waals surface area contributed by atoms with E-state index in [1.54, 1.807) is 18.2 Å². The van der Waals surface area contributed by atoms with Crippen LogP contribution in [0.2, 0.25) is 0 Å². The fourth-order valence-corrected chi connectivity index (χ4v) is 2.98. The van der Waals surface area contributed by atoms with E-state index in [9.17, 15) is 14.0 Å². The van der Waals surface area contributed by atoms with E-state index < -0.39 is 11.7 Å². The van der Waals surface area contributed by atoms with Crippen molar-refractivity contribution in [2.24, 2.45) is 5.92 Å². The number of benzene rings is 2. The van der Waals surface area contributed by atoms with E-state index in [2.05, 4.69) is 5.32 Å². The Kier molecular flexibility index (Phi) is 5.51. The maximum atomic E-state index is 13.9. The third kappa shape index (κ3) is 4.02. The highest BCUT2D eigenvalue weighted by molar-refractivity contribution is 6.00. The molecule has 3 rings (SSSR count). The molecule has 1 aliphatic heterocycles. The van der Waals surface area contributed by atoms with Crippen molar-refractivity contribution in [1.82, 2.24) is 5.32 Å². The smallest absolute Gasteiger partial charge is 0.227 e. The zero-order valence-corrected chi connectivity index (χ0v) is 14.6. The fraction of sp³-hybridized carbons (Fsp3) is 0.300. The highest BCUT2D eigenvalue weighted by Crippen LogP contribution is 2.27. The van der Waals surface area contributed by atoms with Gasteiger partial charge >= 0.3 is 0 Å². The Morgan fingerprint density at radius 1 is 1.23 bits per heavy atom. The first-order valence-electron chi connectivity index (χ1n) is 8.57. The third-order valence-corrected chi connectivity index (χ3v) is 4.39. The zero-order chi connectivity index (χ0) is 18.5. The van der Waals surface area contributed by atoms with Gasteiger partial charge in [-0.2, -0.15) is 0 Å². The Bertz CT molecular complexity index is 809. The van der Waals surface area contributed by atoms with Gasteiger partial charge in [0.2, 0.25) is 11.8 Å². The SMILES string of the molecule is Cc1ccccc1OCCNC(=O)C1CC(=O)N(c2ccccc2F)C1. The Balaban J connectivity index is 1.49. The molecule has 5 nitrogen and oxygen atoms in total. The van der Waals surface area contributed by atoms with Crippen LogP contribution in [0.1, 0.15) is 12.0 Å². The fourth-order valence-electron chi connectivity index (χ4n) is 2.98. The molecule has 1 unspecified atom stereocenters. The highest BCUT2D eigenvalue weighted by atomic mass is 19.1. The molecule has 0 aromatic heterocycles. The number of ether oxygens (including phenoxy) is 1. The number of hydrogen-bond donors (Lipinski definition) is 1. The lowest BCUT2D eigenvalue weighted by Gasteiger charge is -2.17. The Morgan fingerprint density at radius 3 is 2.73 bits per heavy atom. The molecular weight excluding hydrogens is 335 g/mol. The van der Waals surface area contributed by atoms with E-state index in [1.165, 1.54) is 11.0 Å². The van der Waals surface area contributed by atoms with Crippen LogP contribution in [0, 0.1) is 18.7 Å². The van der Waals surface area contributed by atoms with Crippen molar-refractivity contribution in [3.63, 3.8) is 0 Å². The zero-order valence-electron chi connectivity index (χ0n) is 14.6. The minimum absolute atomic E-state index is 0.0822. The van der Waals surface area contributed by atoms with E-state index in [0.29, 0.717) is 13.2 Å². The predicted octanol–water partition coefficient (Wildman–Crippen LogP) is 2.68. The number of halogens is 1. The number of rotatable bonds is 6. The van der Waals surface area contributed by atoms with Crippen molar-refractivity contribution < 1.29 is 18.7 Å². The standard InChI is InChI=1S/C20H21FN2O3/c1-14-6-2-5-9-18(14)26-11-10-22-20(25)15-12-19(24)23(13-15)17-8-4-3-7-16(17)21/h2-9,15H,10-13H2,1H3,(H,22,25). The van der Waals surface area contributed by atoms with Gasteiger partial charge in [0.25, 0.3) is 0 Å². The summed E-state index contributed by atoms with van der Waals surface area (Å²) in [6, 6.07) is 13.7. The summed E-state index contributed by atoms with van der Waals surface area (Å²) in [5.74, 6) is -0.630. The number of para-hydroxylation sites is 2.